The smallest absolute Gasteiger partial charge is 0.158 e. The Morgan fingerprint density at radius 2 is 2.08 bits per heavy atom. The van der Waals surface area contributed by atoms with Gasteiger partial charge in [-0.1, -0.05) is 6.08 Å². The van der Waals surface area contributed by atoms with Crippen LogP contribution in [0.3, 0.4) is 0 Å². The van der Waals surface area contributed by atoms with Crippen molar-refractivity contribution in [3.63, 3.8) is 0 Å². The molecule has 2 heteroatoms. The highest BCUT2D eigenvalue weighted by molar-refractivity contribution is 5.97. The van der Waals surface area contributed by atoms with Gasteiger partial charge in [-0.15, -0.1) is 0 Å². The molecule has 0 spiro atoms. The van der Waals surface area contributed by atoms with Crippen molar-refractivity contribution in [2.45, 2.75) is 19.3 Å². The molecule has 1 aliphatic rings. The molecule has 0 aromatic rings. The Morgan fingerprint density at radius 3 is 2.58 bits per heavy atom. The summed E-state index contributed by atoms with van der Waals surface area (Å²) < 4.78 is 0. The standard InChI is InChI=1S/C10H15NO/c1-11(2)8-4-6-9-5-3-7-10(9)12/h4,6,8H,3,5,7H2,1-2H3/b8-4+,9-6-. The summed E-state index contributed by atoms with van der Waals surface area (Å²) in [5, 5.41) is 0. The lowest BCUT2D eigenvalue weighted by Crippen LogP contribution is -1.99. The zero-order valence-corrected chi connectivity index (χ0v) is 7.71. The van der Waals surface area contributed by atoms with Crippen LogP contribution in [0.1, 0.15) is 19.3 Å². The van der Waals surface area contributed by atoms with Gasteiger partial charge in [0.05, 0.1) is 0 Å². The zero-order valence-electron chi connectivity index (χ0n) is 7.71. The van der Waals surface area contributed by atoms with Gasteiger partial charge in [0.1, 0.15) is 0 Å². The van der Waals surface area contributed by atoms with E-state index in [0.29, 0.717) is 5.78 Å². The highest BCUT2D eigenvalue weighted by Gasteiger charge is 2.15. The van der Waals surface area contributed by atoms with Crippen LogP contribution in [-0.2, 0) is 4.79 Å². The van der Waals surface area contributed by atoms with Crippen molar-refractivity contribution < 1.29 is 4.79 Å². The van der Waals surface area contributed by atoms with Crippen molar-refractivity contribution >= 4 is 5.78 Å². The van der Waals surface area contributed by atoms with Crippen molar-refractivity contribution in [2.75, 3.05) is 14.1 Å². The monoisotopic (exact) mass is 165 g/mol. The quantitative estimate of drug-likeness (QED) is 0.581. The Kier molecular flexibility index (Phi) is 3.09. The molecule has 0 saturated heterocycles. The van der Waals surface area contributed by atoms with Gasteiger partial charge in [0.25, 0.3) is 0 Å². The topological polar surface area (TPSA) is 20.3 Å². The molecule has 0 unspecified atom stereocenters. The highest BCUT2D eigenvalue weighted by Crippen LogP contribution is 2.19. The molecule has 1 aliphatic carbocycles. The first kappa shape index (κ1) is 9.04. The van der Waals surface area contributed by atoms with Crippen LogP contribution in [0.5, 0.6) is 0 Å². The SMILES string of the molecule is CN(C)/C=C/C=C1/CCCC1=O. The van der Waals surface area contributed by atoms with Crippen LogP contribution < -0.4 is 0 Å². The third-order valence-electron chi connectivity index (χ3n) is 1.89. The van der Waals surface area contributed by atoms with Gasteiger partial charge in [-0.25, -0.2) is 0 Å². The van der Waals surface area contributed by atoms with Crippen molar-refractivity contribution in [1.29, 1.82) is 0 Å². The Hall–Kier alpha value is -1.05. The van der Waals surface area contributed by atoms with Crippen LogP contribution in [-0.4, -0.2) is 24.8 Å². The molecule has 0 bridgehead atoms. The third kappa shape index (κ3) is 2.53. The van der Waals surface area contributed by atoms with Gasteiger partial charge in [-0.2, -0.15) is 0 Å². The number of Topliss-reactive ketones (excluding diaryl/α,β-unsaturated/α-hetero) is 1. The number of hydrogen-bond donors (Lipinski definition) is 0. The number of rotatable bonds is 2. The molecule has 0 amide bonds. The van der Waals surface area contributed by atoms with E-state index in [9.17, 15) is 4.79 Å². The lowest BCUT2D eigenvalue weighted by atomic mass is 10.2. The van der Waals surface area contributed by atoms with E-state index in [1.807, 2.05) is 37.3 Å². The first-order chi connectivity index (χ1) is 5.70. The Morgan fingerprint density at radius 1 is 1.33 bits per heavy atom. The van der Waals surface area contributed by atoms with E-state index in [4.69, 9.17) is 0 Å². The van der Waals surface area contributed by atoms with Crippen molar-refractivity contribution in [3.8, 4) is 0 Å². The van der Waals surface area contributed by atoms with Crippen LogP contribution >= 0.6 is 0 Å². The number of nitrogens with zero attached hydrogens (tertiary/aromatic N) is 1. The fraction of sp³-hybridized carbons (Fsp3) is 0.500. The molecule has 0 radical (unpaired) electrons. The molecule has 0 aliphatic heterocycles. The summed E-state index contributed by atoms with van der Waals surface area (Å²) in [5.74, 6) is 0.318. The maximum absolute atomic E-state index is 11.1. The fourth-order valence-corrected chi connectivity index (χ4v) is 1.25. The van der Waals surface area contributed by atoms with E-state index in [-0.39, 0.29) is 0 Å². The molecule has 0 atom stereocenters. The van der Waals surface area contributed by atoms with Crippen LogP contribution in [0.2, 0.25) is 0 Å². The summed E-state index contributed by atoms with van der Waals surface area (Å²) in [7, 11) is 3.93. The van der Waals surface area contributed by atoms with Crippen molar-refractivity contribution in [1.82, 2.24) is 4.90 Å². The lowest BCUT2D eigenvalue weighted by molar-refractivity contribution is -0.114. The predicted molar refractivity (Wildman–Crippen MR) is 49.8 cm³/mol. The third-order valence-corrected chi connectivity index (χ3v) is 1.89. The van der Waals surface area contributed by atoms with Gasteiger partial charge in [-0.05, 0) is 30.7 Å². The van der Waals surface area contributed by atoms with Crippen LogP contribution in [0.15, 0.2) is 23.9 Å². The summed E-state index contributed by atoms with van der Waals surface area (Å²) in [6.07, 6.45) is 8.52. The summed E-state index contributed by atoms with van der Waals surface area (Å²) in [5.41, 5.74) is 0.980. The molecular weight excluding hydrogens is 150 g/mol. The molecular formula is C10H15NO. The zero-order chi connectivity index (χ0) is 8.97. The lowest BCUT2D eigenvalue weighted by Gasteiger charge is -2.01. The Balaban J connectivity index is 2.51. The highest BCUT2D eigenvalue weighted by atomic mass is 16.1. The summed E-state index contributed by atoms with van der Waals surface area (Å²) in [6.45, 7) is 0. The van der Waals surface area contributed by atoms with E-state index in [1.54, 1.807) is 0 Å². The second kappa shape index (κ2) is 4.10. The van der Waals surface area contributed by atoms with E-state index in [1.165, 1.54) is 0 Å². The largest absolute Gasteiger partial charge is 0.383 e. The second-order valence-electron chi connectivity index (χ2n) is 3.27. The normalized spacial score (nSPS) is 21.2. The van der Waals surface area contributed by atoms with Gasteiger partial charge >= 0.3 is 0 Å². The number of allylic oxidation sites excluding steroid dienone is 3. The van der Waals surface area contributed by atoms with Crippen LogP contribution in [0.4, 0.5) is 0 Å². The molecule has 0 aromatic carbocycles. The molecule has 2 nitrogen and oxygen atoms in total. The van der Waals surface area contributed by atoms with E-state index < -0.39 is 0 Å². The Labute approximate surface area is 73.6 Å². The molecule has 1 rings (SSSR count). The molecule has 1 fully saturated rings. The van der Waals surface area contributed by atoms with Gasteiger partial charge < -0.3 is 4.90 Å². The fourth-order valence-electron chi connectivity index (χ4n) is 1.25. The minimum Gasteiger partial charge on any atom is -0.383 e. The first-order valence-corrected chi connectivity index (χ1v) is 4.27. The molecule has 0 heterocycles. The summed E-state index contributed by atoms with van der Waals surface area (Å²) in [4.78, 5) is 13.1. The van der Waals surface area contributed by atoms with E-state index in [2.05, 4.69) is 0 Å². The van der Waals surface area contributed by atoms with Crippen LogP contribution in [0, 0.1) is 0 Å². The van der Waals surface area contributed by atoms with Gasteiger partial charge in [-0.3, -0.25) is 4.79 Å². The molecule has 66 valence electrons. The first-order valence-electron chi connectivity index (χ1n) is 4.27. The van der Waals surface area contributed by atoms with Gasteiger partial charge in [0, 0.05) is 20.5 Å². The predicted octanol–water partition coefficient (Wildman–Crippen LogP) is 1.74. The average Bonchev–Trinajstić information content (AvgIpc) is 2.36. The number of hydrogen-bond acceptors (Lipinski definition) is 2. The maximum Gasteiger partial charge on any atom is 0.158 e. The van der Waals surface area contributed by atoms with Gasteiger partial charge in [0.2, 0.25) is 0 Å². The van der Waals surface area contributed by atoms with Crippen LogP contribution in [0.25, 0.3) is 0 Å². The molecule has 1 saturated carbocycles. The number of carbonyl (C=O) groups is 1. The average molecular weight is 165 g/mol. The molecule has 0 aromatic heterocycles. The minimum atomic E-state index is 0.318. The summed E-state index contributed by atoms with van der Waals surface area (Å²) >= 11 is 0. The summed E-state index contributed by atoms with van der Waals surface area (Å²) in [6, 6.07) is 0. The molecule has 0 N–H and O–H groups in total. The van der Waals surface area contributed by atoms with Gasteiger partial charge in [0.15, 0.2) is 5.78 Å². The maximum atomic E-state index is 11.1. The molecule has 12 heavy (non-hydrogen) atoms. The van der Waals surface area contributed by atoms with E-state index in [0.717, 1.165) is 24.8 Å². The second-order valence-corrected chi connectivity index (χ2v) is 3.27. The number of carbonyl (C=O) groups excluding carboxylic acids is 1. The van der Waals surface area contributed by atoms with Crippen molar-refractivity contribution in [3.05, 3.63) is 23.9 Å². The van der Waals surface area contributed by atoms with E-state index >= 15 is 0 Å². The minimum absolute atomic E-state index is 0.318. The van der Waals surface area contributed by atoms with Crippen molar-refractivity contribution in [2.24, 2.45) is 0 Å². The Bertz CT molecular complexity index is 226. The number of ketones is 1.